The van der Waals surface area contributed by atoms with Crippen LogP contribution in [-0.4, -0.2) is 23.6 Å². The first-order valence-electron chi connectivity index (χ1n) is 8.36. The van der Waals surface area contributed by atoms with Gasteiger partial charge in [-0.15, -0.1) is 0 Å². The Labute approximate surface area is 163 Å². The number of pyridine rings is 1. The lowest BCUT2D eigenvalue weighted by Gasteiger charge is -2.09. The fourth-order valence-corrected chi connectivity index (χ4v) is 2.91. The topological polar surface area (TPSA) is 61.4 Å². The number of rotatable bonds is 3. The highest BCUT2D eigenvalue weighted by Crippen LogP contribution is 2.23. The minimum Gasteiger partial charge on any atom is -0.270 e. The van der Waals surface area contributed by atoms with Crippen LogP contribution in [0.5, 0.6) is 0 Å². The summed E-state index contributed by atoms with van der Waals surface area (Å²) in [6.45, 7) is 1.93. The number of benzene rings is 2. The van der Waals surface area contributed by atoms with Crippen molar-refractivity contribution in [1.82, 2.24) is 4.98 Å². The van der Waals surface area contributed by atoms with E-state index in [1.807, 2.05) is 55.5 Å². The van der Waals surface area contributed by atoms with Gasteiger partial charge in [-0.3, -0.25) is 9.98 Å². The van der Waals surface area contributed by atoms with Gasteiger partial charge >= 0.3 is 0 Å². The molecule has 4 nitrogen and oxygen atoms in total. The molecule has 0 amide bonds. The van der Waals surface area contributed by atoms with Gasteiger partial charge in [0.15, 0.2) is 5.84 Å². The summed E-state index contributed by atoms with van der Waals surface area (Å²) in [5.74, 6) is 0.602. The van der Waals surface area contributed by atoms with Crippen molar-refractivity contribution in [2.24, 2.45) is 9.98 Å². The van der Waals surface area contributed by atoms with Crippen LogP contribution in [0.3, 0.4) is 0 Å². The maximum absolute atomic E-state index is 8.99. The number of hydrogen-bond acceptors (Lipinski definition) is 3. The van der Waals surface area contributed by atoms with Gasteiger partial charge in [0.25, 0.3) is 0 Å². The fraction of sp³-hybridized carbons (Fsp3) is 0.0909. The largest absolute Gasteiger partial charge is 0.270 e. The standard InChI is InChI=1S/C22H17ClN4/c1-15(27-22(25-2)18-5-3-6-19(23)13-18)20-7-4-12-26-21(20)17-10-8-16(14-24)9-11-17/h3-13H,1-2H3. The first-order valence-corrected chi connectivity index (χ1v) is 8.74. The van der Waals surface area contributed by atoms with Crippen molar-refractivity contribution in [3.63, 3.8) is 0 Å². The zero-order valence-electron chi connectivity index (χ0n) is 15.0. The van der Waals surface area contributed by atoms with Crippen molar-refractivity contribution in [3.05, 3.63) is 88.6 Å². The van der Waals surface area contributed by atoms with Crippen LogP contribution in [0.1, 0.15) is 23.6 Å². The molecule has 27 heavy (non-hydrogen) atoms. The number of aliphatic imine (C=N–C) groups is 2. The minimum atomic E-state index is 0.602. The molecular formula is C22H17ClN4. The van der Waals surface area contributed by atoms with Crippen LogP contribution in [0.4, 0.5) is 0 Å². The summed E-state index contributed by atoms with van der Waals surface area (Å²) in [7, 11) is 1.71. The monoisotopic (exact) mass is 372 g/mol. The van der Waals surface area contributed by atoms with Gasteiger partial charge in [-0.2, -0.15) is 5.26 Å². The molecule has 0 N–H and O–H groups in total. The predicted molar refractivity (Wildman–Crippen MR) is 111 cm³/mol. The molecular weight excluding hydrogens is 356 g/mol. The summed E-state index contributed by atoms with van der Waals surface area (Å²) in [5.41, 5.74) is 4.91. The van der Waals surface area contributed by atoms with Crippen LogP contribution >= 0.6 is 11.6 Å². The Morgan fingerprint density at radius 2 is 1.85 bits per heavy atom. The summed E-state index contributed by atoms with van der Waals surface area (Å²) in [6, 6.07) is 20.8. The molecule has 0 unspecified atom stereocenters. The average molecular weight is 373 g/mol. The Hall–Kier alpha value is -3.29. The first-order chi connectivity index (χ1) is 13.1. The molecule has 0 radical (unpaired) electrons. The number of hydrogen-bond donors (Lipinski definition) is 0. The van der Waals surface area contributed by atoms with E-state index in [4.69, 9.17) is 21.9 Å². The molecule has 0 spiro atoms. The Kier molecular flexibility index (Phi) is 5.75. The second-order valence-electron chi connectivity index (χ2n) is 5.84. The van der Waals surface area contributed by atoms with Crippen LogP contribution in [-0.2, 0) is 0 Å². The SMILES string of the molecule is CN=C(N=C(C)c1cccnc1-c1ccc(C#N)cc1)c1cccc(Cl)c1. The highest BCUT2D eigenvalue weighted by Gasteiger charge is 2.11. The quantitative estimate of drug-likeness (QED) is 0.471. The zero-order valence-corrected chi connectivity index (χ0v) is 15.8. The molecule has 0 fully saturated rings. The van der Waals surface area contributed by atoms with Gasteiger partial charge in [0.05, 0.1) is 17.3 Å². The van der Waals surface area contributed by atoms with E-state index in [0.29, 0.717) is 16.4 Å². The first kappa shape index (κ1) is 18.5. The molecule has 0 aliphatic heterocycles. The predicted octanol–water partition coefficient (Wildman–Crippen LogP) is 5.16. The van der Waals surface area contributed by atoms with E-state index in [1.165, 1.54) is 0 Å². The van der Waals surface area contributed by atoms with Crippen LogP contribution in [0, 0.1) is 11.3 Å². The van der Waals surface area contributed by atoms with Crippen LogP contribution in [0.2, 0.25) is 5.02 Å². The minimum absolute atomic E-state index is 0.602. The van der Waals surface area contributed by atoms with Gasteiger partial charge in [0, 0.05) is 40.7 Å². The van der Waals surface area contributed by atoms with Crippen LogP contribution in [0.25, 0.3) is 11.3 Å². The van der Waals surface area contributed by atoms with Gasteiger partial charge in [-0.1, -0.05) is 35.9 Å². The number of nitrogens with zero attached hydrogens (tertiary/aromatic N) is 4. The van der Waals surface area contributed by atoms with Gasteiger partial charge in [0.2, 0.25) is 0 Å². The van der Waals surface area contributed by atoms with Gasteiger partial charge in [-0.05, 0) is 43.3 Å². The number of amidine groups is 1. The zero-order chi connectivity index (χ0) is 19.2. The number of halogens is 1. The summed E-state index contributed by atoms with van der Waals surface area (Å²) in [4.78, 5) is 13.5. The van der Waals surface area contributed by atoms with Crippen molar-refractivity contribution in [2.75, 3.05) is 7.05 Å². The van der Waals surface area contributed by atoms with E-state index in [-0.39, 0.29) is 0 Å². The van der Waals surface area contributed by atoms with Crippen molar-refractivity contribution in [1.29, 1.82) is 5.26 Å². The van der Waals surface area contributed by atoms with E-state index in [2.05, 4.69) is 16.0 Å². The third kappa shape index (κ3) is 4.28. The highest BCUT2D eigenvalue weighted by molar-refractivity contribution is 6.31. The Morgan fingerprint density at radius 3 is 2.52 bits per heavy atom. The maximum Gasteiger partial charge on any atom is 0.154 e. The normalized spacial score (nSPS) is 11.9. The second kappa shape index (κ2) is 8.39. The Morgan fingerprint density at radius 1 is 1.07 bits per heavy atom. The third-order valence-corrected chi connectivity index (χ3v) is 4.29. The smallest absolute Gasteiger partial charge is 0.154 e. The molecule has 0 saturated carbocycles. The molecule has 2 aromatic carbocycles. The molecule has 0 bridgehead atoms. The molecule has 1 aromatic heterocycles. The van der Waals surface area contributed by atoms with E-state index >= 15 is 0 Å². The van der Waals surface area contributed by atoms with Gasteiger partial charge in [0.1, 0.15) is 0 Å². The lowest BCUT2D eigenvalue weighted by molar-refractivity contribution is 1.30. The Balaban J connectivity index is 2.03. The van der Waals surface area contributed by atoms with E-state index in [0.717, 1.165) is 28.1 Å². The average Bonchev–Trinajstić information content (AvgIpc) is 2.72. The van der Waals surface area contributed by atoms with E-state index < -0.39 is 0 Å². The molecule has 132 valence electrons. The Bertz CT molecular complexity index is 1060. The fourth-order valence-electron chi connectivity index (χ4n) is 2.72. The van der Waals surface area contributed by atoms with Crippen molar-refractivity contribution in [2.45, 2.75) is 6.92 Å². The van der Waals surface area contributed by atoms with Gasteiger partial charge < -0.3 is 0 Å². The lowest BCUT2D eigenvalue weighted by Crippen LogP contribution is -2.06. The molecule has 0 saturated heterocycles. The van der Waals surface area contributed by atoms with Gasteiger partial charge in [-0.25, -0.2) is 4.99 Å². The molecule has 1 heterocycles. The van der Waals surface area contributed by atoms with E-state index in [9.17, 15) is 0 Å². The second-order valence-corrected chi connectivity index (χ2v) is 6.28. The van der Waals surface area contributed by atoms with Crippen LogP contribution < -0.4 is 0 Å². The highest BCUT2D eigenvalue weighted by atomic mass is 35.5. The van der Waals surface area contributed by atoms with E-state index in [1.54, 1.807) is 25.4 Å². The van der Waals surface area contributed by atoms with Crippen molar-refractivity contribution < 1.29 is 0 Å². The molecule has 3 rings (SSSR count). The lowest BCUT2D eigenvalue weighted by atomic mass is 10.0. The maximum atomic E-state index is 8.99. The number of aromatic nitrogens is 1. The van der Waals surface area contributed by atoms with Crippen molar-refractivity contribution in [3.8, 4) is 17.3 Å². The third-order valence-electron chi connectivity index (χ3n) is 4.05. The number of nitriles is 1. The summed E-state index contributed by atoms with van der Waals surface area (Å²) < 4.78 is 0. The molecule has 0 aliphatic carbocycles. The molecule has 0 atom stereocenters. The molecule has 3 aromatic rings. The van der Waals surface area contributed by atoms with Crippen molar-refractivity contribution >= 4 is 23.1 Å². The summed E-state index contributed by atoms with van der Waals surface area (Å²) in [5, 5.41) is 9.63. The molecule has 5 heteroatoms. The summed E-state index contributed by atoms with van der Waals surface area (Å²) >= 11 is 6.09. The molecule has 0 aliphatic rings. The summed E-state index contributed by atoms with van der Waals surface area (Å²) in [6.07, 6.45) is 1.75. The van der Waals surface area contributed by atoms with Crippen LogP contribution in [0.15, 0.2) is 76.8 Å².